The van der Waals surface area contributed by atoms with E-state index in [4.69, 9.17) is 10.7 Å². The predicted molar refractivity (Wildman–Crippen MR) is 39.4 cm³/mol. The molecule has 0 fully saturated rings. The first-order valence-electron chi connectivity index (χ1n) is 2.70. The number of ether oxygens (including phenoxy) is 1. The molecule has 0 amide bonds. The number of nitrogens with zero attached hydrogens (tertiary/aromatic N) is 4. The number of hydrogen-bond donors (Lipinski definition) is 0. The summed E-state index contributed by atoms with van der Waals surface area (Å²) in [4.78, 5) is 7.20. The van der Waals surface area contributed by atoms with Gasteiger partial charge in [0.25, 0.3) is 0 Å². The van der Waals surface area contributed by atoms with Crippen molar-refractivity contribution in [3.63, 3.8) is 0 Å². The molecule has 1 rings (SSSR count). The van der Waals surface area contributed by atoms with Gasteiger partial charge in [0.05, 0.1) is 7.11 Å². The van der Waals surface area contributed by atoms with Gasteiger partial charge < -0.3 is 10.1 Å². The lowest BCUT2D eigenvalue weighted by atomic mass is 10.3. The minimum Gasteiger partial charge on any atom is -0.761 e. The van der Waals surface area contributed by atoms with Crippen molar-refractivity contribution in [1.82, 2.24) is 0 Å². The van der Waals surface area contributed by atoms with E-state index in [1.807, 2.05) is 0 Å². The summed E-state index contributed by atoms with van der Waals surface area (Å²) in [5.74, 6) is 1.73. The smallest absolute Gasteiger partial charge is 0.318 e. The maximum atomic E-state index is 8.40. The third-order valence-electron chi connectivity index (χ3n) is 1.03. The first kappa shape index (κ1) is 7.19. The summed E-state index contributed by atoms with van der Waals surface area (Å²) >= 11 is 0. The Kier molecular flexibility index (Phi) is 1.81. The zero-order chi connectivity index (χ0) is 8.27. The molecule has 11 heavy (non-hydrogen) atoms. The van der Waals surface area contributed by atoms with E-state index in [-0.39, 0.29) is 17.4 Å². The van der Waals surface area contributed by atoms with Crippen molar-refractivity contribution in [3.8, 4) is 6.07 Å². The highest BCUT2D eigenvalue weighted by Gasteiger charge is 2.14. The average Bonchev–Trinajstić information content (AvgIpc) is 2.46. The van der Waals surface area contributed by atoms with Crippen LogP contribution in [0.5, 0.6) is 0 Å². The van der Waals surface area contributed by atoms with Gasteiger partial charge in [-0.3, -0.25) is 0 Å². The molecule has 54 valence electrons. The van der Waals surface area contributed by atoms with Crippen LogP contribution in [-0.4, -0.2) is 24.7 Å². The Morgan fingerprint density at radius 3 is 2.64 bits per heavy atom. The van der Waals surface area contributed by atoms with E-state index < -0.39 is 0 Å². The van der Waals surface area contributed by atoms with Gasteiger partial charge in [0.2, 0.25) is 0 Å². The molecule has 5 nitrogen and oxygen atoms in total. The van der Waals surface area contributed by atoms with Crippen molar-refractivity contribution in [2.45, 2.75) is 0 Å². The molecule has 0 aromatic rings. The fourth-order valence-electron chi connectivity index (χ4n) is 0.569. The Labute approximate surface area is 62.9 Å². The number of aliphatic imine (C=N–C) groups is 2. The van der Waals surface area contributed by atoms with Gasteiger partial charge in [-0.1, -0.05) is 0 Å². The summed E-state index contributed by atoms with van der Waals surface area (Å²) in [6.07, 6.45) is 0. The highest BCUT2D eigenvalue weighted by atomic mass is 16.5. The molecule has 1 aliphatic rings. The number of methoxy groups -OCH3 is 1. The Morgan fingerprint density at radius 1 is 1.55 bits per heavy atom. The fraction of sp³-hybridized carbons (Fsp3) is 0.167. The summed E-state index contributed by atoms with van der Waals surface area (Å²) < 4.78 is 4.61. The third-order valence-corrected chi connectivity index (χ3v) is 1.03. The minimum atomic E-state index is 0.00403. The summed E-state index contributed by atoms with van der Waals surface area (Å²) in [6.45, 7) is 0. The van der Waals surface area contributed by atoms with Crippen LogP contribution in [0.1, 0.15) is 0 Å². The number of allylic oxidation sites excluding steroid dienone is 1. The fourth-order valence-corrected chi connectivity index (χ4v) is 0.569. The van der Waals surface area contributed by atoms with E-state index in [1.54, 1.807) is 11.9 Å². The Balaban J connectivity index is 3.07. The molecule has 0 aromatic carbocycles. The summed E-state index contributed by atoms with van der Waals surface area (Å²) in [7, 11) is 1.37. The molecule has 0 saturated carbocycles. The predicted octanol–water partition coefficient (Wildman–Crippen LogP) is 0.0900. The van der Waals surface area contributed by atoms with E-state index in [0.29, 0.717) is 0 Å². The van der Waals surface area contributed by atoms with Crippen molar-refractivity contribution in [2.24, 2.45) is 9.98 Å². The molecule has 0 radical (unpaired) electrons. The zero-order valence-corrected chi connectivity index (χ0v) is 5.70. The maximum absolute atomic E-state index is 8.40. The maximum Gasteiger partial charge on any atom is 0.318 e. The zero-order valence-electron chi connectivity index (χ0n) is 5.70. The van der Waals surface area contributed by atoms with Crippen LogP contribution < -0.4 is 0 Å². The highest BCUT2D eigenvalue weighted by Crippen LogP contribution is 2.06. The Hall–Kier alpha value is -1.92. The SMILES string of the molecule is COC1=NC(=C=[N-])C(C#N)=N1. The number of amidine groups is 1. The molecular weight excluding hydrogens is 144 g/mol. The summed E-state index contributed by atoms with van der Waals surface area (Å²) in [6, 6.07) is 1.78. The average molecular weight is 147 g/mol. The lowest BCUT2D eigenvalue weighted by molar-refractivity contribution is 0.398. The first-order valence-corrected chi connectivity index (χ1v) is 2.70. The van der Waals surface area contributed by atoms with Gasteiger partial charge >= 0.3 is 6.02 Å². The lowest BCUT2D eigenvalue weighted by Gasteiger charge is -1.87. The Morgan fingerprint density at radius 2 is 2.27 bits per heavy atom. The Bertz CT molecular complexity index is 327. The minimum absolute atomic E-state index is 0.00403. The van der Waals surface area contributed by atoms with Crippen LogP contribution in [0, 0.1) is 11.3 Å². The standard InChI is InChI=1S/C6H3N4O/c1-11-6-9-4(2-7)5(3-8)10-6/h1H3/q-1. The molecule has 0 saturated heterocycles. The second kappa shape index (κ2) is 2.78. The van der Waals surface area contributed by atoms with Crippen molar-refractivity contribution >= 4 is 17.6 Å². The second-order valence-electron chi connectivity index (χ2n) is 1.63. The van der Waals surface area contributed by atoms with Gasteiger partial charge in [0, 0.05) is 0 Å². The topological polar surface area (TPSA) is 80.0 Å². The van der Waals surface area contributed by atoms with Crippen LogP contribution >= 0.6 is 0 Å². The lowest BCUT2D eigenvalue weighted by Crippen LogP contribution is -1.93. The van der Waals surface area contributed by atoms with E-state index in [2.05, 4.69) is 14.7 Å². The first-order chi connectivity index (χ1) is 5.31. The normalized spacial score (nSPS) is 14.7. The van der Waals surface area contributed by atoms with Crippen molar-refractivity contribution in [3.05, 3.63) is 11.1 Å². The molecule has 0 atom stereocenters. The van der Waals surface area contributed by atoms with Crippen LogP contribution in [0.3, 0.4) is 0 Å². The van der Waals surface area contributed by atoms with Crippen molar-refractivity contribution in [2.75, 3.05) is 7.11 Å². The molecule has 1 aliphatic heterocycles. The summed E-state index contributed by atoms with van der Waals surface area (Å²) in [5.41, 5.74) is 0.00806. The van der Waals surface area contributed by atoms with Gasteiger partial charge in [-0.25, -0.2) is 5.87 Å². The number of hydrogen-bond acceptors (Lipinski definition) is 4. The molecule has 5 heteroatoms. The van der Waals surface area contributed by atoms with E-state index in [1.165, 1.54) is 7.11 Å². The van der Waals surface area contributed by atoms with Crippen LogP contribution in [0.4, 0.5) is 0 Å². The van der Waals surface area contributed by atoms with E-state index in [0.717, 1.165) is 0 Å². The molecule has 0 unspecified atom stereocenters. The number of rotatable bonds is 0. The van der Waals surface area contributed by atoms with E-state index in [9.17, 15) is 0 Å². The third kappa shape index (κ3) is 1.16. The molecule has 1 heterocycles. The molecule has 0 N–H and O–H groups in total. The molecule has 0 spiro atoms. The van der Waals surface area contributed by atoms with Crippen LogP contribution in [-0.2, 0) is 4.74 Å². The van der Waals surface area contributed by atoms with Crippen molar-refractivity contribution < 1.29 is 4.74 Å². The van der Waals surface area contributed by atoms with Crippen LogP contribution in [0.15, 0.2) is 15.7 Å². The number of nitriles is 1. The molecule has 0 aliphatic carbocycles. The quantitative estimate of drug-likeness (QED) is 0.455. The van der Waals surface area contributed by atoms with Crippen LogP contribution in [0.25, 0.3) is 5.41 Å². The van der Waals surface area contributed by atoms with Gasteiger partial charge in [0.1, 0.15) is 11.8 Å². The molecule has 0 bridgehead atoms. The van der Waals surface area contributed by atoms with Gasteiger partial charge in [-0.05, 0) is 0 Å². The van der Waals surface area contributed by atoms with Gasteiger partial charge in [-0.15, -0.1) is 0 Å². The van der Waals surface area contributed by atoms with E-state index >= 15 is 0 Å². The highest BCUT2D eigenvalue weighted by molar-refractivity contribution is 6.23. The van der Waals surface area contributed by atoms with Gasteiger partial charge in [-0.2, -0.15) is 15.2 Å². The monoisotopic (exact) mass is 147 g/mol. The van der Waals surface area contributed by atoms with Crippen molar-refractivity contribution in [1.29, 1.82) is 5.26 Å². The largest absolute Gasteiger partial charge is 0.761 e. The van der Waals surface area contributed by atoms with Crippen LogP contribution in [0.2, 0.25) is 0 Å². The molecule has 0 aromatic heterocycles. The molecular formula is C6H3N4O-. The second-order valence-corrected chi connectivity index (χ2v) is 1.63. The summed E-state index contributed by atoms with van der Waals surface area (Å²) in [5, 5.41) is 16.8. The van der Waals surface area contributed by atoms with Gasteiger partial charge in [0.15, 0.2) is 5.71 Å².